The van der Waals surface area contributed by atoms with Crippen LogP contribution in [0.15, 0.2) is 41.5 Å². The van der Waals surface area contributed by atoms with Gasteiger partial charge in [-0.2, -0.15) is 5.10 Å². The van der Waals surface area contributed by atoms with Gasteiger partial charge in [-0.3, -0.25) is 5.43 Å². The van der Waals surface area contributed by atoms with E-state index in [1.54, 1.807) is 12.3 Å². The molecule has 0 bridgehead atoms. The van der Waals surface area contributed by atoms with Crippen LogP contribution in [0.5, 0.6) is 0 Å². The molecule has 1 heterocycles. The zero-order valence-electron chi connectivity index (χ0n) is 9.18. The molecule has 1 N–H and O–H groups in total. The highest BCUT2D eigenvalue weighted by Gasteiger charge is 2.37. The Morgan fingerprint density at radius 2 is 2.12 bits per heavy atom. The summed E-state index contributed by atoms with van der Waals surface area (Å²) in [4.78, 5) is 10.1. The van der Waals surface area contributed by atoms with Crippen LogP contribution in [-0.4, -0.2) is 24.3 Å². The molecule has 0 spiro atoms. The lowest BCUT2D eigenvalue weighted by Crippen LogP contribution is -2.45. The average Bonchev–Trinajstić information content (AvgIpc) is 2.39. The second-order valence-electron chi connectivity index (χ2n) is 3.54. The van der Waals surface area contributed by atoms with Crippen molar-refractivity contribution in [1.29, 1.82) is 0 Å². The molecule has 0 aliphatic carbocycles. The summed E-state index contributed by atoms with van der Waals surface area (Å²) in [5.74, 6) is -0.593. The van der Waals surface area contributed by atoms with Gasteiger partial charge in [0.1, 0.15) is 0 Å². The van der Waals surface area contributed by atoms with E-state index in [4.69, 9.17) is 11.6 Å². The highest BCUT2D eigenvalue weighted by atomic mass is 35.5. The maximum absolute atomic E-state index is 11.5. The summed E-state index contributed by atoms with van der Waals surface area (Å²) in [6.45, 7) is 0. The third-order valence-electron chi connectivity index (χ3n) is 2.37. The Balaban J connectivity index is 2.36. The summed E-state index contributed by atoms with van der Waals surface area (Å²) in [6, 6.07) is 9.55. The van der Waals surface area contributed by atoms with Gasteiger partial charge >= 0.3 is 5.97 Å². The van der Waals surface area contributed by atoms with Crippen LogP contribution in [0.3, 0.4) is 0 Å². The second-order valence-corrected chi connectivity index (χ2v) is 4.14. The molecule has 0 radical (unpaired) electrons. The summed E-state index contributed by atoms with van der Waals surface area (Å²) >= 11 is 6.09. The van der Waals surface area contributed by atoms with Gasteiger partial charge in [-0.1, -0.05) is 41.9 Å². The van der Waals surface area contributed by atoms with Crippen LogP contribution < -0.4 is 5.43 Å². The maximum Gasteiger partial charge on any atom is 0.353 e. The topological polar surface area (TPSA) is 50.7 Å². The minimum absolute atomic E-state index is 0.593. The predicted octanol–water partition coefficient (Wildman–Crippen LogP) is 1.77. The van der Waals surface area contributed by atoms with Gasteiger partial charge in [0, 0.05) is 5.57 Å². The molecule has 1 aromatic rings. The Labute approximate surface area is 104 Å². The quantitative estimate of drug-likeness (QED) is 0.494. The largest absolute Gasteiger partial charge is 0.466 e. The number of hydrogen-bond acceptors (Lipinski definition) is 4. The van der Waals surface area contributed by atoms with Crippen molar-refractivity contribution in [1.82, 2.24) is 5.43 Å². The smallest absolute Gasteiger partial charge is 0.353 e. The van der Waals surface area contributed by atoms with Crippen LogP contribution in [0.25, 0.3) is 5.57 Å². The molecule has 17 heavy (non-hydrogen) atoms. The standard InChI is InChI=1S/C12H11ClN2O2/c1-17-11(16)12(13)7-10(8-14-15-12)9-5-3-2-4-6-9/h2-8,15H,1H3. The van der Waals surface area contributed by atoms with Gasteiger partial charge < -0.3 is 4.74 Å². The summed E-state index contributed by atoms with van der Waals surface area (Å²) in [5.41, 5.74) is 4.23. The van der Waals surface area contributed by atoms with Gasteiger partial charge in [0.05, 0.1) is 13.3 Å². The van der Waals surface area contributed by atoms with E-state index in [1.165, 1.54) is 7.11 Å². The number of ether oxygens (including phenoxy) is 1. The Kier molecular flexibility index (Phi) is 3.15. The molecule has 1 unspecified atom stereocenters. The van der Waals surface area contributed by atoms with Gasteiger partial charge in [-0.05, 0) is 11.6 Å². The highest BCUT2D eigenvalue weighted by molar-refractivity contribution is 6.37. The van der Waals surface area contributed by atoms with Crippen LogP contribution in [0, 0.1) is 0 Å². The second kappa shape index (κ2) is 4.59. The molecular formula is C12H11ClN2O2. The molecule has 0 saturated carbocycles. The summed E-state index contributed by atoms with van der Waals surface area (Å²) in [6.07, 6.45) is 3.20. The van der Waals surface area contributed by atoms with Crippen LogP contribution in [0.1, 0.15) is 5.56 Å². The molecule has 1 aliphatic rings. The number of carbonyl (C=O) groups excluding carboxylic acids is 1. The summed E-state index contributed by atoms with van der Waals surface area (Å²) in [7, 11) is 1.28. The van der Waals surface area contributed by atoms with E-state index in [0.717, 1.165) is 11.1 Å². The van der Waals surface area contributed by atoms with Gasteiger partial charge in [0.2, 0.25) is 5.00 Å². The minimum atomic E-state index is -1.44. The number of esters is 1. The van der Waals surface area contributed by atoms with Crippen molar-refractivity contribution < 1.29 is 9.53 Å². The first-order chi connectivity index (χ1) is 8.15. The van der Waals surface area contributed by atoms with Crippen LogP contribution in [-0.2, 0) is 9.53 Å². The number of nitrogens with one attached hydrogen (secondary N) is 1. The maximum atomic E-state index is 11.5. The van der Waals surface area contributed by atoms with E-state index in [2.05, 4.69) is 15.3 Å². The first kappa shape index (κ1) is 11.7. The van der Waals surface area contributed by atoms with E-state index in [0.29, 0.717) is 0 Å². The van der Waals surface area contributed by atoms with E-state index < -0.39 is 11.0 Å². The monoisotopic (exact) mass is 250 g/mol. The van der Waals surface area contributed by atoms with Crippen molar-refractivity contribution in [2.24, 2.45) is 5.10 Å². The Morgan fingerprint density at radius 3 is 2.76 bits per heavy atom. The summed E-state index contributed by atoms with van der Waals surface area (Å²) in [5, 5.41) is 3.88. The highest BCUT2D eigenvalue weighted by Crippen LogP contribution is 2.24. The van der Waals surface area contributed by atoms with Gasteiger partial charge in [0.25, 0.3) is 0 Å². The molecular weight excluding hydrogens is 240 g/mol. The zero-order chi connectivity index (χ0) is 12.3. The molecule has 1 aliphatic heterocycles. The molecule has 1 atom stereocenters. The number of hydrazone groups is 1. The van der Waals surface area contributed by atoms with E-state index in [-0.39, 0.29) is 0 Å². The lowest BCUT2D eigenvalue weighted by molar-refractivity contribution is -0.143. The number of carbonyl (C=O) groups is 1. The average molecular weight is 251 g/mol. The Bertz CT molecular complexity index is 485. The third kappa shape index (κ3) is 2.31. The van der Waals surface area contributed by atoms with E-state index in [1.807, 2.05) is 30.3 Å². The normalized spacial score (nSPS) is 22.6. The minimum Gasteiger partial charge on any atom is -0.466 e. The molecule has 2 rings (SSSR count). The van der Waals surface area contributed by atoms with Gasteiger partial charge in [-0.15, -0.1) is 0 Å². The van der Waals surface area contributed by atoms with Gasteiger partial charge in [-0.25, -0.2) is 4.79 Å². The lowest BCUT2D eigenvalue weighted by Gasteiger charge is -2.24. The lowest BCUT2D eigenvalue weighted by atomic mass is 10.0. The molecule has 0 saturated heterocycles. The Morgan fingerprint density at radius 1 is 1.41 bits per heavy atom. The van der Waals surface area contributed by atoms with Crippen molar-refractivity contribution in [2.45, 2.75) is 5.00 Å². The number of benzene rings is 1. The van der Waals surface area contributed by atoms with Crippen LogP contribution in [0.4, 0.5) is 0 Å². The van der Waals surface area contributed by atoms with Crippen LogP contribution >= 0.6 is 11.6 Å². The fourth-order valence-electron chi connectivity index (χ4n) is 1.52. The predicted molar refractivity (Wildman–Crippen MR) is 66.6 cm³/mol. The zero-order valence-corrected chi connectivity index (χ0v) is 9.94. The summed E-state index contributed by atoms with van der Waals surface area (Å²) < 4.78 is 4.63. The van der Waals surface area contributed by atoms with Gasteiger partial charge in [0.15, 0.2) is 0 Å². The van der Waals surface area contributed by atoms with Crippen molar-refractivity contribution in [3.63, 3.8) is 0 Å². The fourth-order valence-corrected chi connectivity index (χ4v) is 1.76. The molecule has 0 fully saturated rings. The van der Waals surface area contributed by atoms with Crippen molar-refractivity contribution in [3.05, 3.63) is 42.0 Å². The molecule has 0 amide bonds. The number of halogens is 1. The number of alkyl halides is 1. The molecule has 4 nitrogen and oxygen atoms in total. The van der Waals surface area contributed by atoms with E-state index in [9.17, 15) is 4.79 Å². The first-order valence-corrected chi connectivity index (χ1v) is 5.39. The molecule has 0 aromatic heterocycles. The fraction of sp³-hybridized carbons (Fsp3) is 0.167. The number of allylic oxidation sites excluding steroid dienone is 1. The number of nitrogens with zero attached hydrogens (tertiary/aromatic N) is 1. The SMILES string of the molecule is COC(=O)C1(Cl)C=C(c2ccccc2)C=NN1. The first-order valence-electron chi connectivity index (χ1n) is 5.01. The van der Waals surface area contributed by atoms with Crippen molar-refractivity contribution >= 4 is 29.4 Å². The van der Waals surface area contributed by atoms with E-state index >= 15 is 0 Å². The van der Waals surface area contributed by atoms with Crippen molar-refractivity contribution in [3.8, 4) is 0 Å². The number of hydrogen-bond donors (Lipinski definition) is 1. The molecule has 5 heteroatoms. The van der Waals surface area contributed by atoms with Crippen molar-refractivity contribution in [2.75, 3.05) is 7.11 Å². The number of methoxy groups -OCH3 is 1. The molecule has 1 aromatic carbocycles. The third-order valence-corrected chi connectivity index (χ3v) is 2.72. The number of rotatable bonds is 2. The Hall–Kier alpha value is -1.81. The van der Waals surface area contributed by atoms with Crippen LogP contribution in [0.2, 0.25) is 0 Å². The molecule has 88 valence electrons.